The average Bonchev–Trinajstić information content (AvgIpc) is 3.06. The predicted octanol–water partition coefficient (Wildman–Crippen LogP) is 1.52. The first-order chi connectivity index (χ1) is 11.5. The molecular weight excluding hydrogens is 322 g/mol. The van der Waals surface area contributed by atoms with Crippen molar-refractivity contribution in [3.63, 3.8) is 0 Å². The van der Waals surface area contributed by atoms with Crippen LogP contribution in [0.25, 0.3) is 0 Å². The van der Waals surface area contributed by atoms with Crippen molar-refractivity contribution in [2.75, 3.05) is 46.4 Å². The molecule has 2 rings (SSSR count). The second-order valence-electron chi connectivity index (χ2n) is 6.59. The van der Waals surface area contributed by atoms with Crippen LogP contribution in [0.4, 0.5) is 0 Å². The summed E-state index contributed by atoms with van der Waals surface area (Å²) in [6.07, 6.45) is 3.97. The second kappa shape index (κ2) is 9.34. The van der Waals surface area contributed by atoms with E-state index in [4.69, 9.17) is 4.74 Å². The van der Waals surface area contributed by atoms with E-state index in [-0.39, 0.29) is 5.54 Å². The van der Waals surface area contributed by atoms with Gasteiger partial charge in [-0.1, -0.05) is 6.92 Å². The quantitative estimate of drug-likeness (QED) is 0.575. The Bertz CT molecular complexity index is 523. The number of aliphatic imine (C=N–C) groups is 1. The molecule has 1 aromatic rings. The second-order valence-corrected chi connectivity index (χ2v) is 7.79. The molecule has 6 nitrogen and oxygen atoms in total. The third kappa shape index (κ3) is 5.72. The average molecular weight is 354 g/mol. The summed E-state index contributed by atoms with van der Waals surface area (Å²) < 4.78 is 5.44. The van der Waals surface area contributed by atoms with Gasteiger partial charge in [0.25, 0.3) is 0 Å². The number of morpholine rings is 1. The number of ether oxygens (including phenoxy) is 1. The van der Waals surface area contributed by atoms with Crippen LogP contribution in [0.15, 0.2) is 11.2 Å². The largest absolute Gasteiger partial charge is 0.379 e. The van der Waals surface area contributed by atoms with Crippen molar-refractivity contribution in [1.82, 2.24) is 20.5 Å². The molecule has 2 N–H and O–H groups in total. The van der Waals surface area contributed by atoms with Crippen LogP contribution in [-0.2, 0) is 17.6 Å². The third-order valence-electron chi connectivity index (χ3n) is 4.36. The van der Waals surface area contributed by atoms with Gasteiger partial charge in [-0.3, -0.25) is 9.89 Å². The highest BCUT2D eigenvalue weighted by Gasteiger charge is 2.28. The fraction of sp³-hybridized carbons (Fsp3) is 0.765. The van der Waals surface area contributed by atoms with Crippen molar-refractivity contribution < 1.29 is 4.74 Å². The Labute approximate surface area is 149 Å². The van der Waals surface area contributed by atoms with E-state index in [1.54, 1.807) is 11.3 Å². The van der Waals surface area contributed by atoms with Crippen LogP contribution in [0, 0.1) is 0 Å². The summed E-state index contributed by atoms with van der Waals surface area (Å²) >= 11 is 1.80. The van der Waals surface area contributed by atoms with Crippen molar-refractivity contribution in [1.29, 1.82) is 0 Å². The Morgan fingerprint density at radius 2 is 2.12 bits per heavy atom. The predicted molar refractivity (Wildman–Crippen MR) is 101 cm³/mol. The summed E-state index contributed by atoms with van der Waals surface area (Å²) in [6, 6.07) is 0. The number of guanidine groups is 1. The minimum Gasteiger partial charge on any atom is -0.379 e. The number of aryl methyl sites for hydroxylation is 1. The van der Waals surface area contributed by atoms with Gasteiger partial charge < -0.3 is 15.4 Å². The summed E-state index contributed by atoms with van der Waals surface area (Å²) in [6.45, 7) is 12.0. The molecule has 0 amide bonds. The Balaban J connectivity index is 1.73. The van der Waals surface area contributed by atoms with Gasteiger partial charge in [-0.15, -0.1) is 11.3 Å². The van der Waals surface area contributed by atoms with Gasteiger partial charge in [0.1, 0.15) is 0 Å². The van der Waals surface area contributed by atoms with Crippen LogP contribution >= 0.6 is 11.3 Å². The van der Waals surface area contributed by atoms with Crippen molar-refractivity contribution in [2.24, 2.45) is 4.99 Å². The van der Waals surface area contributed by atoms with E-state index in [1.807, 2.05) is 13.2 Å². The summed E-state index contributed by atoms with van der Waals surface area (Å²) in [5, 5.41) is 8.02. The zero-order chi connectivity index (χ0) is 17.4. The lowest BCUT2D eigenvalue weighted by molar-refractivity contribution is -0.00833. The summed E-state index contributed by atoms with van der Waals surface area (Å²) in [7, 11) is 1.82. The van der Waals surface area contributed by atoms with Crippen LogP contribution < -0.4 is 10.6 Å². The summed E-state index contributed by atoms with van der Waals surface area (Å²) in [4.78, 5) is 12.6. The number of aromatic nitrogens is 1. The number of rotatable bonds is 7. The van der Waals surface area contributed by atoms with Gasteiger partial charge in [-0.25, -0.2) is 4.98 Å². The molecule has 0 unspecified atom stereocenters. The van der Waals surface area contributed by atoms with Crippen molar-refractivity contribution in [3.8, 4) is 0 Å². The van der Waals surface area contributed by atoms with Crippen molar-refractivity contribution in [2.45, 2.75) is 39.2 Å². The number of thiazole rings is 1. The summed E-state index contributed by atoms with van der Waals surface area (Å²) in [5.41, 5.74) is 0.0761. The van der Waals surface area contributed by atoms with E-state index in [2.05, 4.69) is 46.3 Å². The fourth-order valence-electron chi connectivity index (χ4n) is 2.72. The Morgan fingerprint density at radius 3 is 2.75 bits per heavy atom. The lowest BCUT2D eigenvalue weighted by Gasteiger charge is -2.41. The van der Waals surface area contributed by atoms with Crippen LogP contribution in [0.1, 0.15) is 30.7 Å². The van der Waals surface area contributed by atoms with Crippen LogP contribution in [-0.4, -0.2) is 67.8 Å². The van der Waals surface area contributed by atoms with Gasteiger partial charge in [0.2, 0.25) is 0 Å². The maximum absolute atomic E-state index is 5.44. The van der Waals surface area contributed by atoms with E-state index in [1.165, 1.54) is 9.88 Å². The molecule has 0 aliphatic carbocycles. The first kappa shape index (κ1) is 19.1. The molecule has 136 valence electrons. The molecule has 0 atom stereocenters. The summed E-state index contributed by atoms with van der Waals surface area (Å²) in [5.74, 6) is 0.851. The number of nitrogens with zero attached hydrogens (tertiary/aromatic N) is 3. The Morgan fingerprint density at radius 1 is 1.38 bits per heavy atom. The molecule has 1 fully saturated rings. The SMILES string of the molecule is CCc1cnc(CCNC(=NC)NCC(C)(C)N2CCOCC2)s1. The number of hydrogen-bond acceptors (Lipinski definition) is 5. The van der Waals surface area contributed by atoms with Gasteiger partial charge >= 0.3 is 0 Å². The standard InChI is InChI=1S/C17H31N5OS/c1-5-14-12-20-15(24-14)6-7-19-16(18-4)21-13-17(2,3)22-8-10-23-11-9-22/h12H,5-11,13H2,1-4H3,(H2,18,19,21). The molecule has 2 heterocycles. The molecule has 0 saturated carbocycles. The third-order valence-corrected chi connectivity index (χ3v) is 5.56. The lowest BCUT2D eigenvalue weighted by atomic mass is 10.0. The van der Waals surface area contributed by atoms with E-state index in [9.17, 15) is 0 Å². The number of nitrogens with one attached hydrogen (secondary N) is 2. The maximum Gasteiger partial charge on any atom is 0.191 e. The Hall–Kier alpha value is -1.18. The first-order valence-corrected chi connectivity index (χ1v) is 9.57. The monoisotopic (exact) mass is 353 g/mol. The molecule has 1 aliphatic rings. The highest BCUT2D eigenvalue weighted by molar-refractivity contribution is 7.11. The zero-order valence-corrected chi connectivity index (χ0v) is 16.2. The van der Waals surface area contributed by atoms with Crippen LogP contribution in [0.3, 0.4) is 0 Å². The van der Waals surface area contributed by atoms with Crippen LogP contribution in [0.5, 0.6) is 0 Å². The van der Waals surface area contributed by atoms with Gasteiger partial charge in [-0.2, -0.15) is 0 Å². The minimum absolute atomic E-state index is 0.0761. The van der Waals surface area contributed by atoms with E-state index >= 15 is 0 Å². The van der Waals surface area contributed by atoms with Crippen molar-refractivity contribution >= 4 is 17.3 Å². The molecule has 0 bridgehead atoms. The molecular formula is C17H31N5OS. The molecule has 0 radical (unpaired) electrons. The topological polar surface area (TPSA) is 61.8 Å². The first-order valence-electron chi connectivity index (χ1n) is 8.76. The molecule has 0 aromatic carbocycles. The van der Waals surface area contributed by atoms with E-state index in [0.29, 0.717) is 0 Å². The van der Waals surface area contributed by atoms with Gasteiger partial charge in [-0.05, 0) is 20.3 Å². The van der Waals surface area contributed by atoms with E-state index < -0.39 is 0 Å². The number of hydrogen-bond donors (Lipinski definition) is 2. The van der Waals surface area contributed by atoms with Crippen LogP contribution in [0.2, 0.25) is 0 Å². The van der Waals surface area contributed by atoms with E-state index in [0.717, 1.165) is 58.2 Å². The van der Waals surface area contributed by atoms with Gasteiger partial charge in [0.15, 0.2) is 5.96 Å². The zero-order valence-electron chi connectivity index (χ0n) is 15.4. The minimum atomic E-state index is 0.0761. The Kier molecular flexibility index (Phi) is 7.45. The molecule has 1 aromatic heterocycles. The smallest absolute Gasteiger partial charge is 0.191 e. The van der Waals surface area contributed by atoms with Gasteiger partial charge in [0, 0.05) is 56.3 Å². The van der Waals surface area contributed by atoms with Crippen molar-refractivity contribution in [3.05, 3.63) is 16.1 Å². The fourth-order valence-corrected chi connectivity index (χ4v) is 3.58. The molecule has 0 spiro atoms. The molecule has 1 aliphatic heterocycles. The normalized spacial score (nSPS) is 17.1. The van der Waals surface area contributed by atoms with Gasteiger partial charge in [0.05, 0.1) is 18.2 Å². The lowest BCUT2D eigenvalue weighted by Crippen LogP contribution is -2.56. The molecule has 7 heteroatoms. The molecule has 24 heavy (non-hydrogen) atoms. The highest BCUT2D eigenvalue weighted by atomic mass is 32.1. The highest BCUT2D eigenvalue weighted by Crippen LogP contribution is 2.15. The maximum atomic E-state index is 5.44. The molecule has 1 saturated heterocycles.